The fraction of sp³-hybridized carbons (Fsp3) is 0.680. The highest BCUT2D eigenvalue weighted by molar-refractivity contribution is 7.98. The maximum absolute atomic E-state index is 13.3. The van der Waals surface area contributed by atoms with Gasteiger partial charge in [-0.25, -0.2) is 4.79 Å². The SMILES string of the molecule is CC[C@H](C)[C@@H](CN(Cc1ccccc1)[C@H](C)C(=O)N[C@@H](CCSC)C(=O)OC)NC[C@@H](N)CS. The Morgan fingerprint density at radius 3 is 2.47 bits per heavy atom. The molecule has 0 unspecified atom stereocenters. The molecule has 0 aromatic heterocycles. The number of nitrogens with one attached hydrogen (secondary N) is 2. The minimum atomic E-state index is -0.650. The van der Waals surface area contributed by atoms with Crippen molar-refractivity contribution < 1.29 is 14.3 Å². The van der Waals surface area contributed by atoms with Gasteiger partial charge in [0.1, 0.15) is 6.04 Å². The van der Waals surface area contributed by atoms with Crippen LogP contribution in [0.4, 0.5) is 0 Å². The van der Waals surface area contributed by atoms with E-state index in [4.69, 9.17) is 10.5 Å². The Morgan fingerprint density at radius 1 is 1.24 bits per heavy atom. The van der Waals surface area contributed by atoms with E-state index in [1.54, 1.807) is 11.8 Å². The number of carbonyl (C=O) groups excluding carboxylic acids is 2. The number of amides is 1. The van der Waals surface area contributed by atoms with E-state index < -0.39 is 18.1 Å². The highest BCUT2D eigenvalue weighted by Gasteiger charge is 2.29. The lowest BCUT2D eigenvalue weighted by molar-refractivity contribution is -0.145. The van der Waals surface area contributed by atoms with Crippen LogP contribution in [0.1, 0.15) is 39.2 Å². The number of hydrogen-bond acceptors (Lipinski definition) is 8. The topological polar surface area (TPSA) is 96.7 Å². The molecule has 5 atom stereocenters. The minimum Gasteiger partial charge on any atom is -0.467 e. The van der Waals surface area contributed by atoms with Gasteiger partial charge in [0.25, 0.3) is 0 Å². The zero-order chi connectivity index (χ0) is 25.5. The number of thioether (sulfide) groups is 1. The summed E-state index contributed by atoms with van der Waals surface area (Å²) in [5, 5.41) is 6.53. The first-order chi connectivity index (χ1) is 16.3. The van der Waals surface area contributed by atoms with Crippen LogP contribution < -0.4 is 16.4 Å². The molecule has 0 spiro atoms. The highest BCUT2D eigenvalue weighted by Crippen LogP contribution is 2.15. The summed E-state index contributed by atoms with van der Waals surface area (Å²) in [6.45, 7) is 8.24. The molecule has 0 fully saturated rings. The predicted octanol–water partition coefficient (Wildman–Crippen LogP) is 2.55. The number of hydrogen-bond donors (Lipinski definition) is 4. The van der Waals surface area contributed by atoms with Crippen molar-refractivity contribution in [3.05, 3.63) is 35.9 Å². The van der Waals surface area contributed by atoms with Crippen LogP contribution in [-0.4, -0.2) is 78.9 Å². The van der Waals surface area contributed by atoms with Gasteiger partial charge >= 0.3 is 5.97 Å². The highest BCUT2D eigenvalue weighted by atomic mass is 32.2. The largest absolute Gasteiger partial charge is 0.467 e. The van der Waals surface area contributed by atoms with E-state index in [1.165, 1.54) is 7.11 Å². The molecule has 0 aliphatic rings. The van der Waals surface area contributed by atoms with Crippen molar-refractivity contribution in [1.82, 2.24) is 15.5 Å². The van der Waals surface area contributed by atoms with Crippen LogP contribution in [0.15, 0.2) is 30.3 Å². The number of nitrogens with two attached hydrogens (primary N) is 1. The first-order valence-corrected chi connectivity index (χ1v) is 14.0. The third kappa shape index (κ3) is 11.0. The number of nitrogens with zero attached hydrogens (tertiary/aromatic N) is 1. The van der Waals surface area contributed by atoms with Gasteiger partial charge in [0.05, 0.1) is 13.2 Å². The number of benzene rings is 1. The van der Waals surface area contributed by atoms with E-state index in [2.05, 4.69) is 54.1 Å². The second kappa shape index (κ2) is 17.2. The van der Waals surface area contributed by atoms with Crippen molar-refractivity contribution in [1.29, 1.82) is 0 Å². The molecule has 0 radical (unpaired) electrons. The standard InChI is InChI=1S/C25H44N4O3S2/c1-6-18(2)23(27-14-21(26)17-33)16-29(15-20-10-8-7-9-11-20)19(3)24(30)28-22(12-13-34-5)25(31)32-4/h7-11,18-19,21-23,27,33H,6,12-17,26H2,1-5H3,(H,28,30)/t18-,19+,21+,22-,23+/m0/s1. The Balaban J connectivity index is 3.07. The fourth-order valence-electron chi connectivity index (χ4n) is 3.61. The molecule has 194 valence electrons. The van der Waals surface area contributed by atoms with Crippen molar-refractivity contribution in [2.75, 3.05) is 38.0 Å². The summed E-state index contributed by atoms with van der Waals surface area (Å²) < 4.78 is 4.92. The Kier molecular flexibility index (Phi) is 15.6. The van der Waals surface area contributed by atoms with Crippen LogP contribution in [-0.2, 0) is 20.9 Å². The third-order valence-corrected chi connectivity index (χ3v) is 7.32. The van der Waals surface area contributed by atoms with Crippen molar-refractivity contribution >= 4 is 36.3 Å². The van der Waals surface area contributed by atoms with Gasteiger partial charge in [-0.1, -0.05) is 50.6 Å². The van der Waals surface area contributed by atoms with Crippen LogP contribution in [0, 0.1) is 5.92 Å². The first kappa shape index (κ1) is 30.8. The lowest BCUT2D eigenvalue weighted by Gasteiger charge is -2.35. The number of ether oxygens (including phenoxy) is 1. The normalized spacial score (nSPS) is 15.9. The molecule has 9 heteroatoms. The zero-order valence-corrected chi connectivity index (χ0v) is 23.0. The minimum absolute atomic E-state index is 0.0320. The molecule has 0 saturated heterocycles. The second-order valence-corrected chi connectivity index (χ2v) is 10.2. The van der Waals surface area contributed by atoms with Gasteiger partial charge in [-0.2, -0.15) is 24.4 Å². The summed E-state index contributed by atoms with van der Waals surface area (Å²) in [7, 11) is 1.35. The molecule has 0 bridgehead atoms. The van der Waals surface area contributed by atoms with Crippen molar-refractivity contribution in [2.45, 2.75) is 64.3 Å². The Hall–Kier alpha value is -1.26. The summed E-state index contributed by atoms with van der Waals surface area (Å²) >= 11 is 5.93. The Labute approximate surface area is 215 Å². The van der Waals surface area contributed by atoms with Crippen molar-refractivity contribution in [2.24, 2.45) is 11.7 Å². The van der Waals surface area contributed by atoms with Crippen molar-refractivity contribution in [3.8, 4) is 0 Å². The average Bonchev–Trinajstić information content (AvgIpc) is 2.86. The van der Waals surface area contributed by atoms with Crippen LogP contribution in [0.3, 0.4) is 0 Å². The fourth-order valence-corrected chi connectivity index (χ4v) is 4.21. The van der Waals surface area contributed by atoms with Crippen molar-refractivity contribution in [3.63, 3.8) is 0 Å². The number of thiol groups is 1. The predicted molar refractivity (Wildman–Crippen MR) is 146 cm³/mol. The number of esters is 1. The summed E-state index contributed by atoms with van der Waals surface area (Å²) in [4.78, 5) is 27.7. The maximum atomic E-state index is 13.3. The number of rotatable bonds is 17. The molecule has 0 saturated carbocycles. The zero-order valence-electron chi connectivity index (χ0n) is 21.3. The van der Waals surface area contributed by atoms with Gasteiger partial charge in [0.15, 0.2) is 0 Å². The summed E-state index contributed by atoms with van der Waals surface area (Å²) in [5.41, 5.74) is 7.23. The first-order valence-electron chi connectivity index (χ1n) is 12.0. The second-order valence-electron chi connectivity index (χ2n) is 8.80. The van der Waals surface area contributed by atoms with Gasteiger partial charge < -0.3 is 21.1 Å². The van der Waals surface area contributed by atoms with Gasteiger partial charge in [-0.05, 0) is 36.8 Å². The molecule has 34 heavy (non-hydrogen) atoms. The molecule has 1 aromatic carbocycles. The molecular formula is C25H44N4O3S2. The molecule has 7 nitrogen and oxygen atoms in total. The molecule has 1 amide bonds. The molecule has 1 rings (SSSR count). The van der Waals surface area contributed by atoms with E-state index >= 15 is 0 Å². The van der Waals surface area contributed by atoms with E-state index in [9.17, 15) is 9.59 Å². The maximum Gasteiger partial charge on any atom is 0.328 e. The Bertz CT molecular complexity index is 711. The monoisotopic (exact) mass is 512 g/mol. The molecular weight excluding hydrogens is 468 g/mol. The lowest BCUT2D eigenvalue weighted by atomic mass is 9.97. The molecule has 1 aromatic rings. The summed E-state index contributed by atoms with van der Waals surface area (Å²) in [6.07, 6.45) is 3.51. The van der Waals surface area contributed by atoms with Gasteiger partial charge in [-0.15, -0.1) is 0 Å². The Morgan fingerprint density at radius 2 is 1.91 bits per heavy atom. The molecule has 0 heterocycles. The van der Waals surface area contributed by atoms with Crippen LogP contribution in [0.25, 0.3) is 0 Å². The smallest absolute Gasteiger partial charge is 0.328 e. The third-order valence-electron chi connectivity index (χ3n) is 6.21. The van der Waals surface area contributed by atoms with E-state index in [0.717, 1.165) is 17.7 Å². The summed E-state index contributed by atoms with van der Waals surface area (Å²) in [6, 6.07) is 9.16. The van der Waals surface area contributed by atoms with E-state index in [1.807, 2.05) is 31.4 Å². The van der Waals surface area contributed by atoms with Crippen LogP contribution in [0.2, 0.25) is 0 Å². The van der Waals surface area contributed by atoms with E-state index in [0.29, 0.717) is 37.7 Å². The summed E-state index contributed by atoms with van der Waals surface area (Å²) in [5.74, 6) is 1.17. The van der Waals surface area contributed by atoms with Gasteiger partial charge in [0, 0.05) is 37.5 Å². The number of carbonyl (C=O) groups is 2. The van der Waals surface area contributed by atoms with E-state index in [-0.39, 0.29) is 18.0 Å². The van der Waals surface area contributed by atoms with Gasteiger partial charge in [-0.3, -0.25) is 9.69 Å². The lowest BCUT2D eigenvalue weighted by Crippen LogP contribution is -2.55. The molecule has 0 aliphatic carbocycles. The molecule has 0 aliphatic heterocycles. The molecule has 4 N–H and O–H groups in total. The quantitative estimate of drug-likeness (QED) is 0.188. The van der Waals surface area contributed by atoms with Crippen LogP contribution >= 0.6 is 24.4 Å². The van der Waals surface area contributed by atoms with Crippen LogP contribution in [0.5, 0.6) is 0 Å². The number of methoxy groups -OCH3 is 1. The average molecular weight is 513 g/mol. The van der Waals surface area contributed by atoms with Gasteiger partial charge in [0.2, 0.25) is 5.91 Å².